The number of anilines is 1. The van der Waals surface area contributed by atoms with Gasteiger partial charge in [0, 0.05) is 29.4 Å². The average Bonchev–Trinajstić information content (AvgIpc) is 2.56. The minimum atomic E-state index is -0.498. The number of ether oxygens (including phenoxy) is 2. The number of halogens is 1. The van der Waals surface area contributed by atoms with Gasteiger partial charge in [-0.3, -0.25) is 14.9 Å². The third kappa shape index (κ3) is 4.77. The molecule has 0 unspecified atom stereocenters. The molecule has 2 aromatic rings. The lowest BCUT2D eigenvalue weighted by atomic mass is 10.2. The van der Waals surface area contributed by atoms with Gasteiger partial charge in [0.1, 0.15) is 12.4 Å². The van der Waals surface area contributed by atoms with Crippen molar-refractivity contribution in [3.63, 3.8) is 0 Å². The first-order valence-electron chi connectivity index (χ1n) is 6.98. The summed E-state index contributed by atoms with van der Waals surface area (Å²) in [6.07, 6.45) is 0. The summed E-state index contributed by atoms with van der Waals surface area (Å²) in [5, 5.41) is 13.3. The molecule has 0 aliphatic rings. The predicted molar refractivity (Wildman–Crippen MR) is 92.6 cm³/mol. The van der Waals surface area contributed by atoms with Crippen LogP contribution in [0.5, 0.6) is 5.75 Å². The maximum Gasteiger partial charge on any atom is 0.269 e. The third-order valence-electron chi connectivity index (χ3n) is 3.07. The molecule has 126 valence electrons. The molecule has 0 saturated heterocycles. The fraction of sp³-hybridized carbons (Fsp3) is 0.188. The van der Waals surface area contributed by atoms with Crippen LogP contribution in [0.1, 0.15) is 10.4 Å². The van der Waals surface area contributed by atoms with Gasteiger partial charge in [0.15, 0.2) is 0 Å². The minimum absolute atomic E-state index is 0.0426. The van der Waals surface area contributed by atoms with Crippen LogP contribution in [0.3, 0.4) is 0 Å². The molecule has 0 aliphatic carbocycles. The van der Waals surface area contributed by atoms with E-state index in [1.165, 1.54) is 24.3 Å². The molecular weight excluding hydrogens is 380 g/mol. The number of carbonyl (C=O) groups is 1. The van der Waals surface area contributed by atoms with Crippen LogP contribution >= 0.6 is 15.9 Å². The first-order chi connectivity index (χ1) is 11.5. The smallest absolute Gasteiger partial charge is 0.269 e. The van der Waals surface area contributed by atoms with Gasteiger partial charge in [-0.05, 0) is 30.3 Å². The molecule has 2 rings (SSSR count). The summed E-state index contributed by atoms with van der Waals surface area (Å²) in [4.78, 5) is 22.6. The number of nitrogens with one attached hydrogen (secondary N) is 1. The Bertz CT molecular complexity index is 734. The van der Waals surface area contributed by atoms with Crippen LogP contribution in [0.15, 0.2) is 46.9 Å². The van der Waals surface area contributed by atoms with Crippen LogP contribution in [-0.2, 0) is 4.74 Å². The molecule has 0 aliphatic heterocycles. The van der Waals surface area contributed by atoms with Crippen LogP contribution in [-0.4, -0.2) is 31.2 Å². The summed E-state index contributed by atoms with van der Waals surface area (Å²) in [5.41, 5.74) is 0.756. The van der Waals surface area contributed by atoms with Crippen molar-refractivity contribution in [2.45, 2.75) is 0 Å². The van der Waals surface area contributed by atoms with E-state index in [4.69, 9.17) is 9.47 Å². The number of benzene rings is 2. The zero-order chi connectivity index (χ0) is 17.5. The molecular formula is C16H15BrN2O5. The minimum Gasteiger partial charge on any atom is -0.490 e. The fourth-order valence-corrected chi connectivity index (χ4v) is 2.27. The van der Waals surface area contributed by atoms with Crippen molar-refractivity contribution in [2.75, 3.05) is 25.6 Å². The Morgan fingerprint density at radius 3 is 2.54 bits per heavy atom. The second kappa shape index (κ2) is 8.42. The van der Waals surface area contributed by atoms with E-state index in [2.05, 4.69) is 21.2 Å². The highest BCUT2D eigenvalue weighted by Gasteiger charge is 2.14. The predicted octanol–water partition coefficient (Wildman–Crippen LogP) is 3.63. The number of rotatable bonds is 7. The zero-order valence-corrected chi connectivity index (χ0v) is 14.4. The van der Waals surface area contributed by atoms with Crippen molar-refractivity contribution >= 4 is 33.2 Å². The van der Waals surface area contributed by atoms with E-state index in [9.17, 15) is 14.9 Å². The van der Waals surface area contributed by atoms with Crippen LogP contribution in [0, 0.1) is 10.1 Å². The molecule has 1 N–H and O–H groups in total. The summed E-state index contributed by atoms with van der Waals surface area (Å²) in [7, 11) is 1.56. The number of nitro groups is 1. The number of amides is 1. The number of carbonyl (C=O) groups excluding carboxylic acids is 1. The van der Waals surface area contributed by atoms with E-state index in [1.807, 2.05) is 0 Å². The van der Waals surface area contributed by atoms with Crippen LogP contribution in [0.2, 0.25) is 0 Å². The van der Waals surface area contributed by atoms with Gasteiger partial charge in [-0.1, -0.05) is 15.9 Å². The van der Waals surface area contributed by atoms with Crippen LogP contribution < -0.4 is 10.1 Å². The highest BCUT2D eigenvalue weighted by molar-refractivity contribution is 9.10. The maximum absolute atomic E-state index is 12.5. The van der Waals surface area contributed by atoms with Crippen molar-refractivity contribution in [1.29, 1.82) is 0 Å². The number of nitro benzene ring substituents is 1. The Morgan fingerprint density at radius 1 is 1.21 bits per heavy atom. The first-order valence-corrected chi connectivity index (χ1v) is 7.77. The normalized spacial score (nSPS) is 10.2. The summed E-state index contributed by atoms with van der Waals surface area (Å²) >= 11 is 3.32. The second-order valence-electron chi connectivity index (χ2n) is 4.74. The Morgan fingerprint density at radius 2 is 1.92 bits per heavy atom. The monoisotopic (exact) mass is 394 g/mol. The summed E-state index contributed by atoms with van der Waals surface area (Å²) in [6, 6.07) is 10.7. The van der Waals surface area contributed by atoms with Gasteiger partial charge >= 0.3 is 0 Å². The van der Waals surface area contributed by atoms with E-state index in [0.29, 0.717) is 30.2 Å². The van der Waals surface area contributed by atoms with Gasteiger partial charge in [0.05, 0.1) is 17.1 Å². The number of hydrogen-bond acceptors (Lipinski definition) is 5. The molecule has 0 atom stereocenters. The lowest BCUT2D eigenvalue weighted by Gasteiger charge is -2.12. The van der Waals surface area contributed by atoms with Crippen molar-refractivity contribution < 1.29 is 19.2 Å². The average molecular weight is 395 g/mol. The molecule has 8 heteroatoms. The SMILES string of the molecule is COCCOc1ccc(Br)cc1C(=O)Nc1ccc([N+](=O)[O-])cc1. The standard InChI is InChI=1S/C16H15BrN2O5/c1-23-8-9-24-15-7-2-11(17)10-14(15)16(20)18-12-3-5-13(6-4-12)19(21)22/h2-7,10H,8-9H2,1H3,(H,18,20). The first kappa shape index (κ1) is 17.9. The highest BCUT2D eigenvalue weighted by atomic mass is 79.9. The van der Waals surface area contributed by atoms with Crippen molar-refractivity contribution in [1.82, 2.24) is 0 Å². The van der Waals surface area contributed by atoms with Crippen molar-refractivity contribution in [2.24, 2.45) is 0 Å². The topological polar surface area (TPSA) is 90.7 Å². The molecule has 0 aromatic heterocycles. The van der Waals surface area contributed by atoms with E-state index >= 15 is 0 Å². The summed E-state index contributed by atoms with van der Waals surface area (Å²) < 4.78 is 11.2. The quantitative estimate of drug-likeness (QED) is 0.439. The van der Waals surface area contributed by atoms with E-state index in [-0.39, 0.29) is 11.6 Å². The van der Waals surface area contributed by atoms with Crippen LogP contribution in [0.25, 0.3) is 0 Å². The van der Waals surface area contributed by atoms with Gasteiger partial charge in [-0.25, -0.2) is 0 Å². The largest absolute Gasteiger partial charge is 0.490 e. The molecule has 24 heavy (non-hydrogen) atoms. The highest BCUT2D eigenvalue weighted by Crippen LogP contribution is 2.25. The molecule has 0 saturated carbocycles. The van der Waals surface area contributed by atoms with Crippen molar-refractivity contribution in [3.05, 3.63) is 62.6 Å². The Hall–Kier alpha value is -2.45. The summed E-state index contributed by atoms with van der Waals surface area (Å²) in [6.45, 7) is 0.718. The number of methoxy groups -OCH3 is 1. The lowest BCUT2D eigenvalue weighted by Crippen LogP contribution is -2.15. The molecule has 0 heterocycles. The molecule has 2 aromatic carbocycles. The number of hydrogen-bond donors (Lipinski definition) is 1. The van der Waals surface area contributed by atoms with Crippen molar-refractivity contribution in [3.8, 4) is 5.75 Å². The third-order valence-corrected chi connectivity index (χ3v) is 3.56. The molecule has 1 amide bonds. The molecule has 7 nitrogen and oxygen atoms in total. The number of nitrogens with zero attached hydrogens (tertiary/aromatic N) is 1. The Balaban J connectivity index is 2.15. The Kier molecular flexibility index (Phi) is 6.28. The number of non-ortho nitro benzene ring substituents is 1. The van der Waals surface area contributed by atoms with Gasteiger partial charge < -0.3 is 14.8 Å². The van der Waals surface area contributed by atoms with Gasteiger partial charge in [-0.15, -0.1) is 0 Å². The van der Waals surface area contributed by atoms with Gasteiger partial charge in [0.2, 0.25) is 0 Å². The summed E-state index contributed by atoms with van der Waals surface area (Å²) in [5.74, 6) is 0.0484. The maximum atomic E-state index is 12.5. The van der Waals surface area contributed by atoms with Gasteiger partial charge in [-0.2, -0.15) is 0 Å². The van der Waals surface area contributed by atoms with Crippen LogP contribution in [0.4, 0.5) is 11.4 Å². The van der Waals surface area contributed by atoms with E-state index in [1.54, 1.807) is 25.3 Å². The molecule has 0 spiro atoms. The lowest BCUT2D eigenvalue weighted by molar-refractivity contribution is -0.384. The molecule has 0 radical (unpaired) electrons. The van der Waals surface area contributed by atoms with E-state index in [0.717, 1.165) is 4.47 Å². The van der Waals surface area contributed by atoms with E-state index < -0.39 is 4.92 Å². The molecule has 0 fully saturated rings. The molecule has 0 bridgehead atoms. The Labute approximate surface area is 146 Å². The zero-order valence-electron chi connectivity index (χ0n) is 12.8. The van der Waals surface area contributed by atoms with Gasteiger partial charge in [0.25, 0.3) is 11.6 Å². The fourth-order valence-electron chi connectivity index (χ4n) is 1.91. The second-order valence-corrected chi connectivity index (χ2v) is 5.66.